The molecule has 118 valence electrons. The zero-order valence-corrected chi connectivity index (χ0v) is 14.0. The van der Waals surface area contributed by atoms with Crippen molar-refractivity contribution in [3.8, 4) is 0 Å². The minimum atomic E-state index is 0.0332. The van der Waals surface area contributed by atoms with Gasteiger partial charge in [-0.05, 0) is 36.8 Å². The molecule has 22 heavy (non-hydrogen) atoms. The van der Waals surface area contributed by atoms with E-state index in [-0.39, 0.29) is 11.9 Å². The highest BCUT2D eigenvalue weighted by Gasteiger charge is 2.18. The Morgan fingerprint density at radius 3 is 2.86 bits per heavy atom. The van der Waals surface area contributed by atoms with Crippen LogP contribution in [-0.2, 0) is 11.2 Å². The van der Waals surface area contributed by atoms with Crippen molar-refractivity contribution in [3.05, 3.63) is 46.7 Å². The van der Waals surface area contributed by atoms with Crippen molar-refractivity contribution in [3.63, 3.8) is 0 Å². The number of amides is 1. The van der Waals surface area contributed by atoms with Crippen LogP contribution in [0.1, 0.15) is 49.7 Å². The first kappa shape index (κ1) is 16.6. The zero-order valence-electron chi connectivity index (χ0n) is 13.2. The fourth-order valence-corrected chi connectivity index (χ4v) is 3.07. The number of hydrogen-bond donors (Lipinski definition) is 1. The lowest BCUT2D eigenvalue weighted by atomic mass is 10.0. The Balaban J connectivity index is 1.81. The van der Waals surface area contributed by atoms with Crippen molar-refractivity contribution in [2.75, 3.05) is 0 Å². The summed E-state index contributed by atoms with van der Waals surface area (Å²) in [4.78, 5) is 20.6. The monoisotopic (exact) mass is 317 g/mol. The van der Waals surface area contributed by atoms with Gasteiger partial charge < -0.3 is 5.32 Å². The summed E-state index contributed by atoms with van der Waals surface area (Å²) in [5.41, 5.74) is 1.17. The largest absolute Gasteiger partial charge is 0.347 e. The topological polar surface area (TPSA) is 54.9 Å². The Morgan fingerprint density at radius 2 is 2.23 bits per heavy atom. The van der Waals surface area contributed by atoms with Gasteiger partial charge in [0.2, 0.25) is 5.91 Å². The molecule has 0 fully saturated rings. The summed E-state index contributed by atoms with van der Waals surface area (Å²) in [6.07, 6.45) is 8.59. The molecule has 1 atom stereocenters. The summed E-state index contributed by atoms with van der Waals surface area (Å²) < 4.78 is 0. The maximum Gasteiger partial charge on any atom is 0.220 e. The normalized spacial score (nSPS) is 12.3. The molecule has 2 aromatic heterocycles. The molecule has 4 nitrogen and oxygen atoms in total. The van der Waals surface area contributed by atoms with Crippen molar-refractivity contribution in [2.24, 2.45) is 5.92 Å². The van der Waals surface area contributed by atoms with E-state index in [9.17, 15) is 4.79 Å². The lowest BCUT2D eigenvalue weighted by Gasteiger charge is -2.18. The summed E-state index contributed by atoms with van der Waals surface area (Å²) >= 11 is 1.60. The van der Waals surface area contributed by atoms with Crippen molar-refractivity contribution < 1.29 is 4.79 Å². The molecule has 0 aromatic carbocycles. The Bertz CT molecular complexity index is 555. The molecule has 0 radical (unpaired) electrons. The third-order valence-electron chi connectivity index (χ3n) is 3.38. The van der Waals surface area contributed by atoms with E-state index in [4.69, 9.17) is 0 Å². The van der Waals surface area contributed by atoms with E-state index in [1.807, 2.05) is 23.7 Å². The van der Waals surface area contributed by atoms with E-state index in [1.54, 1.807) is 23.7 Å². The molecular weight excluding hydrogens is 294 g/mol. The summed E-state index contributed by atoms with van der Waals surface area (Å²) in [5, 5.41) is 6.08. The predicted molar refractivity (Wildman–Crippen MR) is 89.6 cm³/mol. The maximum absolute atomic E-state index is 12.2. The maximum atomic E-state index is 12.2. The second kappa shape index (κ2) is 8.63. The van der Waals surface area contributed by atoms with E-state index in [1.165, 1.54) is 5.56 Å². The van der Waals surface area contributed by atoms with E-state index in [2.05, 4.69) is 29.1 Å². The number of carbonyl (C=O) groups excluding carboxylic acids is 1. The molecule has 0 aliphatic carbocycles. The van der Waals surface area contributed by atoms with Crippen LogP contribution >= 0.6 is 11.3 Å². The SMILES string of the molecule is CC(C)CC(NC(=O)CCCc1cccnc1)c1nccs1. The molecule has 0 aliphatic heterocycles. The van der Waals surface area contributed by atoms with Gasteiger partial charge >= 0.3 is 0 Å². The first-order valence-corrected chi connectivity index (χ1v) is 8.60. The number of thiazole rings is 1. The highest BCUT2D eigenvalue weighted by atomic mass is 32.1. The number of nitrogens with one attached hydrogen (secondary N) is 1. The standard InChI is InChI=1S/C17H23N3OS/c1-13(2)11-15(17-19-9-10-22-17)20-16(21)7-3-5-14-6-4-8-18-12-14/h4,6,8-10,12-13,15H,3,5,7,11H2,1-2H3,(H,20,21). The van der Waals surface area contributed by atoms with Gasteiger partial charge in [0, 0.05) is 30.4 Å². The molecule has 5 heteroatoms. The molecule has 1 amide bonds. The number of nitrogens with zero attached hydrogens (tertiary/aromatic N) is 2. The quantitative estimate of drug-likeness (QED) is 0.806. The number of rotatable bonds is 8. The Hall–Kier alpha value is -1.75. The van der Waals surface area contributed by atoms with E-state index >= 15 is 0 Å². The number of pyridine rings is 1. The summed E-state index contributed by atoms with van der Waals surface area (Å²) in [7, 11) is 0. The van der Waals surface area contributed by atoms with Crippen LogP contribution < -0.4 is 5.32 Å². The van der Waals surface area contributed by atoms with Crippen LogP contribution in [-0.4, -0.2) is 15.9 Å². The van der Waals surface area contributed by atoms with Gasteiger partial charge in [0.25, 0.3) is 0 Å². The third kappa shape index (κ3) is 5.56. The fraction of sp³-hybridized carbons (Fsp3) is 0.471. The van der Waals surface area contributed by atoms with E-state index < -0.39 is 0 Å². The third-order valence-corrected chi connectivity index (χ3v) is 4.27. The highest BCUT2D eigenvalue weighted by molar-refractivity contribution is 7.09. The molecule has 2 heterocycles. The minimum Gasteiger partial charge on any atom is -0.347 e. The second-order valence-corrected chi connectivity index (χ2v) is 6.76. The first-order valence-electron chi connectivity index (χ1n) is 7.73. The van der Waals surface area contributed by atoms with Crippen molar-refractivity contribution in [2.45, 2.75) is 45.6 Å². The number of aryl methyl sites for hydroxylation is 1. The van der Waals surface area contributed by atoms with Crippen LogP contribution in [0.15, 0.2) is 36.1 Å². The van der Waals surface area contributed by atoms with Gasteiger partial charge in [-0.25, -0.2) is 4.98 Å². The van der Waals surface area contributed by atoms with Crippen LogP contribution in [0.3, 0.4) is 0 Å². The molecule has 0 saturated carbocycles. The Kier molecular flexibility index (Phi) is 6.52. The van der Waals surface area contributed by atoms with Crippen LogP contribution in [0.5, 0.6) is 0 Å². The zero-order chi connectivity index (χ0) is 15.8. The number of carbonyl (C=O) groups is 1. The Labute approximate surface area is 136 Å². The number of hydrogen-bond acceptors (Lipinski definition) is 4. The smallest absolute Gasteiger partial charge is 0.220 e. The molecule has 2 rings (SSSR count). The van der Waals surface area contributed by atoms with Crippen molar-refractivity contribution in [1.29, 1.82) is 0 Å². The summed E-state index contributed by atoms with van der Waals surface area (Å²) in [6, 6.07) is 4.00. The number of aromatic nitrogens is 2. The molecule has 0 bridgehead atoms. The van der Waals surface area contributed by atoms with Gasteiger partial charge in [-0.1, -0.05) is 19.9 Å². The van der Waals surface area contributed by atoms with Crippen LogP contribution in [0, 0.1) is 5.92 Å². The molecular formula is C17H23N3OS. The Morgan fingerprint density at radius 1 is 1.36 bits per heavy atom. The first-order chi connectivity index (χ1) is 10.6. The van der Waals surface area contributed by atoms with Crippen molar-refractivity contribution >= 4 is 17.2 Å². The molecule has 0 saturated heterocycles. The van der Waals surface area contributed by atoms with Crippen LogP contribution in [0.25, 0.3) is 0 Å². The highest BCUT2D eigenvalue weighted by Crippen LogP contribution is 2.23. The lowest BCUT2D eigenvalue weighted by Crippen LogP contribution is -2.29. The van der Waals surface area contributed by atoms with Gasteiger partial charge in [-0.15, -0.1) is 11.3 Å². The van der Waals surface area contributed by atoms with Gasteiger partial charge in [0.15, 0.2) is 0 Å². The van der Waals surface area contributed by atoms with Crippen molar-refractivity contribution in [1.82, 2.24) is 15.3 Å². The van der Waals surface area contributed by atoms with Gasteiger partial charge in [-0.3, -0.25) is 9.78 Å². The van der Waals surface area contributed by atoms with Gasteiger partial charge in [0.1, 0.15) is 5.01 Å². The molecule has 2 aromatic rings. The predicted octanol–water partition coefficient (Wildman–Crippen LogP) is 3.76. The van der Waals surface area contributed by atoms with Gasteiger partial charge in [-0.2, -0.15) is 0 Å². The summed E-state index contributed by atoms with van der Waals surface area (Å²) in [6.45, 7) is 4.32. The molecule has 1 unspecified atom stereocenters. The average molecular weight is 317 g/mol. The lowest BCUT2D eigenvalue weighted by molar-refractivity contribution is -0.122. The second-order valence-electron chi connectivity index (χ2n) is 5.83. The molecule has 0 spiro atoms. The van der Waals surface area contributed by atoms with Gasteiger partial charge in [0.05, 0.1) is 6.04 Å². The average Bonchev–Trinajstić information content (AvgIpc) is 3.01. The van der Waals surface area contributed by atoms with E-state index in [0.717, 1.165) is 24.3 Å². The molecule has 0 aliphatic rings. The molecule has 1 N–H and O–H groups in total. The minimum absolute atomic E-state index is 0.0332. The van der Waals surface area contributed by atoms with Crippen LogP contribution in [0.4, 0.5) is 0 Å². The fourth-order valence-electron chi connectivity index (χ4n) is 2.37. The van der Waals surface area contributed by atoms with E-state index in [0.29, 0.717) is 12.3 Å². The summed E-state index contributed by atoms with van der Waals surface area (Å²) in [5.74, 6) is 0.620. The van der Waals surface area contributed by atoms with Crippen LogP contribution in [0.2, 0.25) is 0 Å².